The van der Waals surface area contributed by atoms with Crippen LogP contribution < -0.4 is 11.1 Å². The van der Waals surface area contributed by atoms with E-state index in [4.69, 9.17) is 5.73 Å². The molecule has 0 bridgehead atoms. The highest BCUT2D eigenvalue weighted by Gasteiger charge is 2.47. The molecule has 1 heterocycles. The Morgan fingerprint density at radius 2 is 2.07 bits per heavy atom. The quantitative estimate of drug-likeness (QED) is 0.716. The monoisotopic (exact) mass is 209 g/mol. The molecule has 0 spiro atoms. The van der Waals surface area contributed by atoms with E-state index in [9.17, 15) is 0 Å². The first-order chi connectivity index (χ1) is 7.22. The number of likely N-dealkylation sites (tertiary alicyclic amines) is 1. The van der Waals surface area contributed by atoms with Crippen molar-refractivity contribution in [2.24, 2.45) is 5.73 Å². The number of hydrogen-bond donors (Lipinski definition) is 2. The van der Waals surface area contributed by atoms with Gasteiger partial charge in [0.15, 0.2) is 0 Å². The molecule has 86 valence electrons. The Labute approximate surface area is 92.4 Å². The third-order valence-corrected chi connectivity index (χ3v) is 4.23. The van der Waals surface area contributed by atoms with Crippen LogP contribution in [-0.4, -0.2) is 41.7 Å². The summed E-state index contributed by atoms with van der Waals surface area (Å²) in [5.74, 6) is 0. The van der Waals surface area contributed by atoms with Crippen molar-refractivity contribution in [1.29, 1.82) is 0 Å². The summed E-state index contributed by atoms with van der Waals surface area (Å²) in [7, 11) is 0. The highest BCUT2D eigenvalue weighted by Crippen LogP contribution is 2.38. The number of nitrogens with zero attached hydrogens (tertiary/aromatic N) is 1. The van der Waals surface area contributed by atoms with Gasteiger partial charge in [0.1, 0.15) is 0 Å². The van der Waals surface area contributed by atoms with E-state index in [0.717, 1.165) is 24.7 Å². The fraction of sp³-hybridized carbons (Fsp3) is 1.00. The lowest BCUT2D eigenvalue weighted by Gasteiger charge is -2.29. The molecule has 3 heteroatoms. The van der Waals surface area contributed by atoms with E-state index in [2.05, 4.69) is 17.1 Å². The Balaban J connectivity index is 1.68. The normalized spacial score (nSPS) is 42.4. The molecule has 0 amide bonds. The minimum absolute atomic E-state index is 0.239. The molecular formula is C12H23N3. The van der Waals surface area contributed by atoms with Crippen LogP contribution in [-0.2, 0) is 0 Å². The van der Waals surface area contributed by atoms with Crippen LogP contribution >= 0.6 is 0 Å². The average molecular weight is 209 g/mol. The van der Waals surface area contributed by atoms with Crippen molar-refractivity contribution in [3.8, 4) is 0 Å². The molecule has 15 heavy (non-hydrogen) atoms. The van der Waals surface area contributed by atoms with Crippen molar-refractivity contribution < 1.29 is 0 Å². The van der Waals surface area contributed by atoms with Crippen LogP contribution in [0.15, 0.2) is 0 Å². The van der Waals surface area contributed by atoms with Crippen molar-refractivity contribution in [3.05, 3.63) is 0 Å². The summed E-state index contributed by atoms with van der Waals surface area (Å²) >= 11 is 0. The minimum atomic E-state index is 0.239. The predicted molar refractivity (Wildman–Crippen MR) is 61.8 cm³/mol. The van der Waals surface area contributed by atoms with Gasteiger partial charge in [-0.3, -0.25) is 4.90 Å². The van der Waals surface area contributed by atoms with Crippen molar-refractivity contribution in [2.45, 2.75) is 62.7 Å². The summed E-state index contributed by atoms with van der Waals surface area (Å²) in [4.78, 5) is 2.68. The van der Waals surface area contributed by atoms with Crippen LogP contribution in [0, 0.1) is 0 Å². The van der Waals surface area contributed by atoms with Gasteiger partial charge in [0.25, 0.3) is 0 Å². The molecule has 2 atom stereocenters. The van der Waals surface area contributed by atoms with Gasteiger partial charge in [-0.15, -0.1) is 0 Å². The molecule has 0 radical (unpaired) electrons. The Kier molecular flexibility index (Phi) is 2.31. The molecule has 2 saturated carbocycles. The standard InChI is InChI=1S/C12H23N3/c1-9-6-12(7-13,14-10-2-3-10)8-15(9)11-4-5-11/h9-11,14H,2-8,13H2,1H3. The van der Waals surface area contributed by atoms with Gasteiger partial charge < -0.3 is 11.1 Å². The summed E-state index contributed by atoms with van der Waals surface area (Å²) in [5.41, 5.74) is 6.24. The summed E-state index contributed by atoms with van der Waals surface area (Å²) in [6.07, 6.45) is 6.79. The summed E-state index contributed by atoms with van der Waals surface area (Å²) in [6, 6.07) is 2.39. The van der Waals surface area contributed by atoms with Gasteiger partial charge >= 0.3 is 0 Å². The molecule has 0 aromatic carbocycles. The maximum Gasteiger partial charge on any atom is 0.0449 e. The van der Waals surface area contributed by atoms with E-state index in [-0.39, 0.29) is 5.54 Å². The molecule has 0 aromatic heterocycles. The first kappa shape index (κ1) is 10.1. The van der Waals surface area contributed by atoms with Gasteiger partial charge in [0.05, 0.1) is 0 Å². The van der Waals surface area contributed by atoms with Gasteiger partial charge in [0, 0.05) is 36.8 Å². The van der Waals surface area contributed by atoms with Gasteiger partial charge in [0.2, 0.25) is 0 Å². The zero-order valence-corrected chi connectivity index (χ0v) is 9.71. The molecule has 3 aliphatic rings. The summed E-state index contributed by atoms with van der Waals surface area (Å²) in [6.45, 7) is 4.35. The highest BCUT2D eigenvalue weighted by atomic mass is 15.3. The van der Waals surface area contributed by atoms with E-state index in [1.54, 1.807) is 0 Å². The van der Waals surface area contributed by atoms with E-state index in [0.29, 0.717) is 0 Å². The third-order valence-electron chi connectivity index (χ3n) is 4.23. The second kappa shape index (κ2) is 3.44. The predicted octanol–water partition coefficient (Wildman–Crippen LogP) is 0.693. The van der Waals surface area contributed by atoms with E-state index < -0.39 is 0 Å². The smallest absolute Gasteiger partial charge is 0.0449 e. The van der Waals surface area contributed by atoms with Gasteiger partial charge in [-0.25, -0.2) is 0 Å². The topological polar surface area (TPSA) is 41.3 Å². The summed E-state index contributed by atoms with van der Waals surface area (Å²) in [5, 5.41) is 3.79. The molecule has 3 rings (SSSR count). The van der Waals surface area contributed by atoms with Crippen LogP contribution in [0.1, 0.15) is 39.0 Å². The SMILES string of the molecule is CC1CC(CN)(NC2CC2)CN1C1CC1. The second-order valence-electron chi connectivity index (χ2n) is 5.86. The molecule has 1 saturated heterocycles. The zero-order valence-electron chi connectivity index (χ0n) is 9.71. The fourth-order valence-corrected chi connectivity index (χ4v) is 3.12. The van der Waals surface area contributed by atoms with Crippen LogP contribution in [0.25, 0.3) is 0 Å². The minimum Gasteiger partial charge on any atom is -0.329 e. The van der Waals surface area contributed by atoms with Crippen molar-refractivity contribution in [3.63, 3.8) is 0 Å². The maximum atomic E-state index is 6.00. The maximum absolute atomic E-state index is 6.00. The van der Waals surface area contributed by atoms with Gasteiger partial charge in [-0.05, 0) is 39.0 Å². The lowest BCUT2D eigenvalue weighted by molar-refractivity contribution is 0.241. The first-order valence-electron chi connectivity index (χ1n) is 6.46. The molecule has 2 aliphatic carbocycles. The number of nitrogens with two attached hydrogens (primary N) is 1. The Hall–Kier alpha value is -0.120. The molecule has 3 N–H and O–H groups in total. The van der Waals surface area contributed by atoms with Crippen LogP contribution in [0.3, 0.4) is 0 Å². The number of rotatable bonds is 4. The number of nitrogens with one attached hydrogen (secondary N) is 1. The Morgan fingerprint density at radius 1 is 1.33 bits per heavy atom. The molecule has 3 nitrogen and oxygen atoms in total. The molecular weight excluding hydrogens is 186 g/mol. The zero-order chi connectivity index (χ0) is 10.5. The average Bonchev–Trinajstić information content (AvgIpc) is 3.08. The second-order valence-corrected chi connectivity index (χ2v) is 5.86. The Bertz CT molecular complexity index is 247. The molecule has 3 fully saturated rings. The largest absolute Gasteiger partial charge is 0.329 e. The molecule has 1 aliphatic heterocycles. The molecule has 2 unspecified atom stereocenters. The molecule has 0 aromatic rings. The summed E-state index contributed by atoms with van der Waals surface area (Å²) < 4.78 is 0. The van der Waals surface area contributed by atoms with Gasteiger partial charge in [-0.2, -0.15) is 0 Å². The number of hydrogen-bond acceptors (Lipinski definition) is 3. The van der Waals surface area contributed by atoms with Gasteiger partial charge in [-0.1, -0.05) is 0 Å². The first-order valence-corrected chi connectivity index (χ1v) is 6.46. The lowest BCUT2D eigenvalue weighted by atomic mass is 9.96. The van der Waals surface area contributed by atoms with Crippen LogP contribution in [0.4, 0.5) is 0 Å². The highest BCUT2D eigenvalue weighted by molar-refractivity contribution is 5.07. The van der Waals surface area contributed by atoms with Crippen LogP contribution in [0.2, 0.25) is 0 Å². The van der Waals surface area contributed by atoms with Crippen molar-refractivity contribution >= 4 is 0 Å². The van der Waals surface area contributed by atoms with E-state index in [1.807, 2.05) is 0 Å². The van der Waals surface area contributed by atoms with Crippen LogP contribution in [0.5, 0.6) is 0 Å². The Morgan fingerprint density at radius 3 is 2.60 bits per heavy atom. The fourth-order valence-electron chi connectivity index (χ4n) is 3.12. The van der Waals surface area contributed by atoms with E-state index >= 15 is 0 Å². The van der Waals surface area contributed by atoms with Crippen molar-refractivity contribution in [1.82, 2.24) is 10.2 Å². The lowest BCUT2D eigenvalue weighted by Crippen LogP contribution is -2.54. The third kappa shape index (κ3) is 1.93. The van der Waals surface area contributed by atoms with Crippen molar-refractivity contribution in [2.75, 3.05) is 13.1 Å². The van der Waals surface area contributed by atoms with E-state index in [1.165, 1.54) is 38.6 Å².